The van der Waals surface area contributed by atoms with Crippen molar-refractivity contribution in [2.75, 3.05) is 6.61 Å². The van der Waals surface area contributed by atoms with E-state index in [2.05, 4.69) is 0 Å². The summed E-state index contributed by atoms with van der Waals surface area (Å²) < 4.78 is 5.26. The lowest BCUT2D eigenvalue weighted by Crippen LogP contribution is -2.06. The van der Waals surface area contributed by atoms with E-state index >= 15 is 0 Å². The molecule has 1 aromatic rings. The van der Waals surface area contributed by atoms with Crippen molar-refractivity contribution in [3.8, 4) is 5.75 Å². The molecule has 0 aliphatic heterocycles. The number of rotatable bonds is 6. The Morgan fingerprint density at radius 1 is 1.12 bits per heavy atom. The van der Waals surface area contributed by atoms with E-state index in [4.69, 9.17) is 4.74 Å². The van der Waals surface area contributed by atoms with Gasteiger partial charge in [-0.1, -0.05) is 6.92 Å². The van der Waals surface area contributed by atoms with Gasteiger partial charge in [-0.3, -0.25) is 9.59 Å². The topological polar surface area (TPSA) is 43.4 Å². The maximum absolute atomic E-state index is 11.6. The van der Waals surface area contributed by atoms with Gasteiger partial charge >= 0.3 is 0 Å². The van der Waals surface area contributed by atoms with Crippen molar-refractivity contribution in [2.24, 2.45) is 0 Å². The maximum Gasteiger partial charge on any atom is 0.170 e. The zero-order valence-corrected chi connectivity index (χ0v) is 9.66. The molecule has 0 aromatic heterocycles. The highest BCUT2D eigenvalue weighted by atomic mass is 16.5. The van der Waals surface area contributed by atoms with Crippen LogP contribution < -0.4 is 4.74 Å². The second kappa shape index (κ2) is 6.05. The van der Waals surface area contributed by atoms with E-state index < -0.39 is 0 Å². The predicted octanol–water partition coefficient (Wildman–Crippen LogP) is 2.64. The number of hydrogen-bond donors (Lipinski definition) is 0. The summed E-state index contributed by atoms with van der Waals surface area (Å²) in [6.07, 6.45) is 0.396. The molecule has 86 valence electrons. The summed E-state index contributed by atoms with van der Waals surface area (Å²) in [5.41, 5.74) is 0.560. The van der Waals surface area contributed by atoms with E-state index in [0.29, 0.717) is 18.6 Å². The monoisotopic (exact) mass is 220 g/mol. The molecular formula is C13H16O3. The molecule has 3 heteroatoms. The minimum Gasteiger partial charge on any atom is -0.494 e. The quantitative estimate of drug-likeness (QED) is 0.546. The summed E-state index contributed by atoms with van der Waals surface area (Å²) >= 11 is 0. The molecule has 0 aliphatic rings. The first-order valence-corrected chi connectivity index (χ1v) is 5.45. The first-order chi connectivity index (χ1) is 7.67. The van der Waals surface area contributed by atoms with Crippen molar-refractivity contribution in [1.82, 2.24) is 0 Å². The lowest BCUT2D eigenvalue weighted by Gasteiger charge is -2.03. The van der Waals surface area contributed by atoms with E-state index in [1.165, 1.54) is 0 Å². The van der Waals surface area contributed by atoms with Crippen LogP contribution in [0.3, 0.4) is 0 Å². The summed E-state index contributed by atoms with van der Waals surface area (Å²) in [4.78, 5) is 22.7. The second-order valence-corrected chi connectivity index (χ2v) is 3.45. The molecule has 0 N–H and O–H groups in total. The standard InChI is InChI=1S/C13H16O3/c1-3-11(14)9-13(15)10-5-7-12(8-6-10)16-4-2/h5-8H,3-4,9H2,1-2H3. The highest BCUT2D eigenvalue weighted by molar-refractivity contribution is 6.07. The second-order valence-electron chi connectivity index (χ2n) is 3.45. The van der Waals surface area contributed by atoms with Crippen molar-refractivity contribution in [1.29, 1.82) is 0 Å². The minimum atomic E-state index is -0.130. The van der Waals surface area contributed by atoms with Gasteiger partial charge in [0.2, 0.25) is 0 Å². The van der Waals surface area contributed by atoms with Gasteiger partial charge in [0.05, 0.1) is 13.0 Å². The number of Topliss-reactive ketones (excluding diaryl/α,β-unsaturated/α-hetero) is 2. The Kier molecular flexibility index (Phi) is 4.70. The molecule has 0 bridgehead atoms. The zero-order chi connectivity index (χ0) is 12.0. The molecule has 0 amide bonds. The van der Waals surface area contributed by atoms with E-state index in [0.717, 1.165) is 5.75 Å². The van der Waals surface area contributed by atoms with Crippen molar-refractivity contribution in [3.63, 3.8) is 0 Å². The zero-order valence-electron chi connectivity index (χ0n) is 9.66. The number of benzene rings is 1. The Morgan fingerprint density at radius 3 is 2.25 bits per heavy atom. The lowest BCUT2D eigenvalue weighted by atomic mass is 10.1. The number of carbonyl (C=O) groups excluding carboxylic acids is 2. The van der Waals surface area contributed by atoms with Gasteiger partial charge in [-0.15, -0.1) is 0 Å². The van der Waals surface area contributed by atoms with Crippen LogP contribution in [0.15, 0.2) is 24.3 Å². The first-order valence-electron chi connectivity index (χ1n) is 5.45. The van der Waals surface area contributed by atoms with Crippen LogP contribution in [0.1, 0.15) is 37.0 Å². The van der Waals surface area contributed by atoms with Gasteiger partial charge in [0.1, 0.15) is 11.5 Å². The fourth-order valence-corrected chi connectivity index (χ4v) is 1.31. The van der Waals surface area contributed by atoms with Crippen LogP contribution in [0, 0.1) is 0 Å². The van der Waals surface area contributed by atoms with Gasteiger partial charge in [-0.2, -0.15) is 0 Å². The van der Waals surface area contributed by atoms with Crippen LogP contribution in [-0.2, 0) is 4.79 Å². The Balaban J connectivity index is 2.66. The first kappa shape index (κ1) is 12.4. The van der Waals surface area contributed by atoms with Crippen LogP contribution in [0.25, 0.3) is 0 Å². The molecule has 1 rings (SSSR count). The molecule has 0 radical (unpaired) electrons. The summed E-state index contributed by atoms with van der Waals surface area (Å²) in [6.45, 7) is 4.26. The van der Waals surface area contributed by atoms with Gasteiger partial charge in [-0.05, 0) is 31.2 Å². The van der Waals surface area contributed by atoms with E-state index in [-0.39, 0.29) is 18.0 Å². The van der Waals surface area contributed by atoms with Gasteiger partial charge in [-0.25, -0.2) is 0 Å². The molecule has 0 saturated heterocycles. The highest BCUT2D eigenvalue weighted by Gasteiger charge is 2.10. The normalized spacial score (nSPS) is 9.88. The number of ether oxygens (including phenoxy) is 1. The van der Waals surface area contributed by atoms with Crippen LogP contribution >= 0.6 is 0 Å². The fourth-order valence-electron chi connectivity index (χ4n) is 1.31. The molecule has 3 nitrogen and oxygen atoms in total. The maximum atomic E-state index is 11.6. The average Bonchev–Trinajstić information content (AvgIpc) is 2.30. The molecule has 1 aromatic carbocycles. The predicted molar refractivity (Wildman–Crippen MR) is 61.9 cm³/mol. The van der Waals surface area contributed by atoms with Gasteiger partial charge in [0, 0.05) is 12.0 Å². The SMILES string of the molecule is CCOc1ccc(C(=O)CC(=O)CC)cc1. The van der Waals surface area contributed by atoms with E-state index in [9.17, 15) is 9.59 Å². The number of hydrogen-bond acceptors (Lipinski definition) is 3. The van der Waals surface area contributed by atoms with Crippen molar-refractivity contribution < 1.29 is 14.3 Å². The Bertz CT molecular complexity index is 365. The van der Waals surface area contributed by atoms with Gasteiger partial charge < -0.3 is 4.74 Å². The van der Waals surface area contributed by atoms with Crippen molar-refractivity contribution in [2.45, 2.75) is 26.7 Å². The lowest BCUT2D eigenvalue weighted by molar-refractivity contribution is -0.117. The van der Waals surface area contributed by atoms with Gasteiger partial charge in [0.15, 0.2) is 5.78 Å². The highest BCUT2D eigenvalue weighted by Crippen LogP contribution is 2.13. The molecule has 0 atom stereocenters. The Morgan fingerprint density at radius 2 is 1.75 bits per heavy atom. The van der Waals surface area contributed by atoms with E-state index in [1.54, 1.807) is 31.2 Å². The fraction of sp³-hybridized carbons (Fsp3) is 0.385. The largest absolute Gasteiger partial charge is 0.494 e. The average molecular weight is 220 g/mol. The molecular weight excluding hydrogens is 204 g/mol. The van der Waals surface area contributed by atoms with Crippen LogP contribution in [0.5, 0.6) is 5.75 Å². The molecule has 0 saturated carbocycles. The smallest absolute Gasteiger partial charge is 0.170 e. The molecule has 16 heavy (non-hydrogen) atoms. The number of ketones is 2. The van der Waals surface area contributed by atoms with Crippen molar-refractivity contribution in [3.05, 3.63) is 29.8 Å². The molecule has 0 spiro atoms. The van der Waals surface area contributed by atoms with E-state index in [1.807, 2.05) is 6.92 Å². The van der Waals surface area contributed by atoms with Crippen LogP contribution in [-0.4, -0.2) is 18.2 Å². The van der Waals surface area contributed by atoms with Gasteiger partial charge in [0.25, 0.3) is 0 Å². The summed E-state index contributed by atoms with van der Waals surface area (Å²) in [5.74, 6) is 0.578. The summed E-state index contributed by atoms with van der Waals surface area (Å²) in [6, 6.07) is 6.87. The Hall–Kier alpha value is -1.64. The Labute approximate surface area is 95.4 Å². The molecule has 0 heterocycles. The van der Waals surface area contributed by atoms with Crippen molar-refractivity contribution >= 4 is 11.6 Å². The van der Waals surface area contributed by atoms with Crippen LogP contribution in [0.2, 0.25) is 0 Å². The van der Waals surface area contributed by atoms with Crippen LogP contribution in [0.4, 0.5) is 0 Å². The third-order valence-electron chi connectivity index (χ3n) is 2.24. The third kappa shape index (κ3) is 3.50. The molecule has 0 fully saturated rings. The molecule has 0 unspecified atom stereocenters. The summed E-state index contributed by atoms with van der Waals surface area (Å²) in [5, 5.41) is 0. The molecule has 0 aliphatic carbocycles. The third-order valence-corrected chi connectivity index (χ3v) is 2.24. The number of carbonyl (C=O) groups is 2. The summed E-state index contributed by atoms with van der Waals surface area (Å²) in [7, 11) is 0. The minimum absolute atomic E-state index is 0.00944.